The van der Waals surface area contributed by atoms with Gasteiger partial charge in [-0.15, -0.1) is 0 Å². The number of amides is 1. The SMILES string of the molecule is Cc1n[nH]c(C)c1CCC(=O)NCC1(N2CCCCC2)CCCCC1. The lowest BCUT2D eigenvalue weighted by atomic mass is 9.79. The van der Waals surface area contributed by atoms with Gasteiger partial charge in [-0.3, -0.25) is 14.8 Å². The molecule has 1 aromatic heterocycles. The quantitative estimate of drug-likeness (QED) is 0.831. The van der Waals surface area contributed by atoms with E-state index in [1.54, 1.807) is 0 Å². The van der Waals surface area contributed by atoms with Gasteiger partial charge in [-0.1, -0.05) is 25.7 Å². The van der Waals surface area contributed by atoms with Crippen molar-refractivity contribution in [3.63, 3.8) is 0 Å². The first kappa shape index (κ1) is 18.4. The molecule has 1 saturated carbocycles. The number of aryl methyl sites for hydroxylation is 2. The van der Waals surface area contributed by atoms with Gasteiger partial charge in [0.2, 0.25) is 5.91 Å². The lowest BCUT2D eigenvalue weighted by molar-refractivity contribution is -0.122. The van der Waals surface area contributed by atoms with Crippen molar-refractivity contribution in [2.45, 2.75) is 83.6 Å². The highest BCUT2D eigenvalue weighted by molar-refractivity contribution is 5.76. The van der Waals surface area contributed by atoms with Gasteiger partial charge in [0.25, 0.3) is 0 Å². The lowest BCUT2D eigenvalue weighted by Gasteiger charge is -2.48. The Morgan fingerprint density at radius 2 is 1.80 bits per heavy atom. The van der Waals surface area contributed by atoms with Gasteiger partial charge < -0.3 is 5.32 Å². The summed E-state index contributed by atoms with van der Waals surface area (Å²) >= 11 is 0. The summed E-state index contributed by atoms with van der Waals surface area (Å²) < 4.78 is 0. The topological polar surface area (TPSA) is 61.0 Å². The molecule has 0 unspecified atom stereocenters. The van der Waals surface area contributed by atoms with E-state index in [1.165, 1.54) is 70.0 Å². The molecule has 0 bridgehead atoms. The average Bonchev–Trinajstić information content (AvgIpc) is 2.98. The maximum Gasteiger partial charge on any atom is 0.220 e. The maximum absolute atomic E-state index is 12.5. The van der Waals surface area contributed by atoms with E-state index in [1.807, 2.05) is 13.8 Å². The summed E-state index contributed by atoms with van der Waals surface area (Å²) in [6, 6.07) is 0. The van der Waals surface area contributed by atoms with Crippen molar-refractivity contribution in [1.82, 2.24) is 20.4 Å². The molecule has 2 heterocycles. The van der Waals surface area contributed by atoms with Gasteiger partial charge in [0, 0.05) is 24.2 Å². The molecular formula is C20H34N4O. The maximum atomic E-state index is 12.5. The second-order valence-electron chi connectivity index (χ2n) is 8.02. The van der Waals surface area contributed by atoms with Crippen LogP contribution in [0.1, 0.15) is 74.7 Å². The van der Waals surface area contributed by atoms with E-state index in [2.05, 4.69) is 20.4 Å². The molecular weight excluding hydrogens is 312 g/mol. The van der Waals surface area contributed by atoms with Gasteiger partial charge in [0.05, 0.1) is 5.69 Å². The van der Waals surface area contributed by atoms with Crippen LogP contribution in [0.3, 0.4) is 0 Å². The highest BCUT2D eigenvalue weighted by Crippen LogP contribution is 2.35. The van der Waals surface area contributed by atoms with Crippen molar-refractivity contribution < 1.29 is 4.79 Å². The monoisotopic (exact) mass is 346 g/mol. The lowest BCUT2D eigenvalue weighted by Crippen LogP contribution is -2.58. The third kappa shape index (κ3) is 4.43. The number of hydrogen-bond donors (Lipinski definition) is 2. The normalized spacial score (nSPS) is 21.2. The Bertz CT molecular complexity index is 549. The first-order chi connectivity index (χ1) is 12.1. The Labute approximate surface area is 151 Å². The molecule has 5 nitrogen and oxygen atoms in total. The Kier molecular flexibility index (Phi) is 6.15. The van der Waals surface area contributed by atoms with Crippen molar-refractivity contribution in [2.24, 2.45) is 0 Å². The van der Waals surface area contributed by atoms with Crippen LogP contribution in [0.25, 0.3) is 0 Å². The molecule has 1 aromatic rings. The number of hydrogen-bond acceptors (Lipinski definition) is 3. The van der Waals surface area contributed by atoms with Gasteiger partial charge in [-0.2, -0.15) is 5.10 Å². The first-order valence-electron chi connectivity index (χ1n) is 10.1. The molecule has 2 fully saturated rings. The van der Waals surface area contributed by atoms with Crippen LogP contribution in [0.4, 0.5) is 0 Å². The zero-order valence-corrected chi connectivity index (χ0v) is 16.0. The van der Waals surface area contributed by atoms with Crippen LogP contribution < -0.4 is 5.32 Å². The number of piperidine rings is 1. The van der Waals surface area contributed by atoms with E-state index in [-0.39, 0.29) is 11.4 Å². The summed E-state index contributed by atoms with van der Waals surface area (Å²) in [4.78, 5) is 15.2. The van der Waals surface area contributed by atoms with Crippen molar-refractivity contribution in [3.05, 3.63) is 17.0 Å². The fourth-order valence-electron chi connectivity index (χ4n) is 4.72. The minimum Gasteiger partial charge on any atom is -0.354 e. The molecule has 0 spiro atoms. The van der Waals surface area contributed by atoms with Crippen LogP contribution >= 0.6 is 0 Å². The number of carbonyl (C=O) groups excluding carboxylic acids is 1. The standard InChI is InChI=1S/C20H34N4O/c1-16-18(17(2)23-22-16)9-10-19(25)21-15-20(11-5-3-6-12-20)24-13-7-4-8-14-24/h3-15H2,1-2H3,(H,21,25)(H,22,23). The highest BCUT2D eigenvalue weighted by Gasteiger charge is 2.38. The molecule has 25 heavy (non-hydrogen) atoms. The fraction of sp³-hybridized carbons (Fsp3) is 0.800. The van der Waals surface area contributed by atoms with Crippen LogP contribution in [-0.2, 0) is 11.2 Å². The number of likely N-dealkylation sites (tertiary alicyclic amines) is 1. The molecule has 0 atom stereocenters. The second kappa shape index (κ2) is 8.35. The molecule has 1 aliphatic heterocycles. The Balaban J connectivity index is 1.54. The van der Waals surface area contributed by atoms with Crippen LogP contribution in [0, 0.1) is 13.8 Å². The summed E-state index contributed by atoms with van der Waals surface area (Å²) in [6.07, 6.45) is 11.8. The molecule has 2 aliphatic rings. The Morgan fingerprint density at radius 1 is 1.12 bits per heavy atom. The molecule has 0 aromatic carbocycles. The molecule has 140 valence electrons. The minimum atomic E-state index is 0.182. The molecule has 2 N–H and O–H groups in total. The van der Waals surface area contributed by atoms with Crippen LogP contribution in [0.2, 0.25) is 0 Å². The number of aromatic amines is 1. The van der Waals surface area contributed by atoms with Gasteiger partial charge in [0.15, 0.2) is 0 Å². The predicted molar refractivity (Wildman–Crippen MR) is 101 cm³/mol. The predicted octanol–water partition coefficient (Wildman–Crippen LogP) is 3.26. The molecule has 1 amide bonds. The van der Waals surface area contributed by atoms with Crippen LogP contribution in [0.5, 0.6) is 0 Å². The Hall–Kier alpha value is -1.36. The van der Waals surface area contributed by atoms with Crippen LogP contribution in [-0.4, -0.2) is 46.2 Å². The van der Waals surface area contributed by atoms with E-state index in [0.29, 0.717) is 6.42 Å². The molecule has 3 rings (SSSR count). The molecule has 1 aliphatic carbocycles. The fourth-order valence-corrected chi connectivity index (χ4v) is 4.72. The van der Waals surface area contributed by atoms with E-state index in [0.717, 1.165) is 24.4 Å². The first-order valence-corrected chi connectivity index (χ1v) is 10.1. The zero-order chi connectivity index (χ0) is 17.7. The molecule has 0 radical (unpaired) electrons. The third-order valence-corrected chi connectivity index (χ3v) is 6.31. The van der Waals surface area contributed by atoms with Crippen molar-refractivity contribution >= 4 is 5.91 Å². The minimum absolute atomic E-state index is 0.182. The van der Waals surface area contributed by atoms with Crippen molar-refractivity contribution in [3.8, 4) is 0 Å². The van der Waals surface area contributed by atoms with Gasteiger partial charge in [-0.25, -0.2) is 0 Å². The van der Waals surface area contributed by atoms with E-state index in [9.17, 15) is 4.79 Å². The summed E-state index contributed by atoms with van der Waals surface area (Å²) in [6.45, 7) is 7.28. The van der Waals surface area contributed by atoms with Crippen molar-refractivity contribution in [1.29, 1.82) is 0 Å². The van der Waals surface area contributed by atoms with Gasteiger partial charge in [0.1, 0.15) is 0 Å². The summed E-state index contributed by atoms with van der Waals surface area (Å²) in [5, 5.41) is 10.5. The van der Waals surface area contributed by atoms with Crippen LogP contribution in [0.15, 0.2) is 0 Å². The number of nitrogens with one attached hydrogen (secondary N) is 2. The van der Waals surface area contributed by atoms with Crippen molar-refractivity contribution in [2.75, 3.05) is 19.6 Å². The Morgan fingerprint density at radius 3 is 2.44 bits per heavy atom. The van der Waals surface area contributed by atoms with Gasteiger partial charge >= 0.3 is 0 Å². The summed E-state index contributed by atoms with van der Waals surface area (Å²) in [5.41, 5.74) is 3.51. The summed E-state index contributed by atoms with van der Waals surface area (Å²) in [5.74, 6) is 0.182. The smallest absolute Gasteiger partial charge is 0.220 e. The number of rotatable bonds is 6. The van der Waals surface area contributed by atoms with Gasteiger partial charge in [-0.05, 0) is 64.6 Å². The number of H-pyrrole nitrogens is 1. The summed E-state index contributed by atoms with van der Waals surface area (Å²) in [7, 11) is 0. The number of carbonyl (C=O) groups is 1. The molecule has 5 heteroatoms. The third-order valence-electron chi connectivity index (χ3n) is 6.31. The molecule has 1 saturated heterocycles. The largest absolute Gasteiger partial charge is 0.354 e. The highest BCUT2D eigenvalue weighted by atomic mass is 16.1. The number of nitrogens with zero attached hydrogens (tertiary/aromatic N) is 2. The van der Waals surface area contributed by atoms with E-state index < -0.39 is 0 Å². The zero-order valence-electron chi connectivity index (χ0n) is 16.0. The number of aromatic nitrogens is 2. The second-order valence-corrected chi connectivity index (χ2v) is 8.02. The van der Waals surface area contributed by atoms with E-state index >= 15 is 0 Å². The average molecular weight is 347 g/mol. The van der Waals surface area contributed by atoms with E-state index in [4.69, 9.17) is 0 Å².